The molecule has 0 aromatic rings. The van der Waals surface area contributed by atoms with Crippen LogP contribution in [0.3, 0.4) is 0 Å². The van der Waals surface area contributed by atoms with Crippen LogP contribution in [0.5, 0.6) is 0 Å². The standard InChI is InChI=1S/C6H12O10S/c7-1-6(16-17(12,13)14)4(10)2(8)3(9)5(11)15-6/h2-5,7-11H,1H2,(H,12,13,14)/t2-,3+,4-,5?,6+/m0/s1. The van der Waals surface area contributed by atoms with Gasteiger partial charge in [-0.2, -0.15) is 8.42 Å². The van der Waals surface area contributed by atoms with Crippen molar-refractivity contribution in [1.29, 1.82) is 0 Å². The van der Waals surface area contributed by atoms with Gasteiger partial charge >= 0.3 is 10.4 Å². The molecule has 1 rings (SSSR count). The molecule has 1 aliphatic rings. The summed E-state index contributed by atoms with van der Waals surface area (Å²) in [4.78, 5) is 0. The van der Waals surface area contributed by atoms with Crippen LogP contribution < -0.4 is 0 Å². The summed E-state index contributed by atoms with van der Waals surface area (Å²) in [5, 5.41) is 45.8. The van der Waals surface area contributed by atoms with Crippen molar-refractivity contribution in [2.75, 3.05) is 6.61 Å². The molecule has 0 radical (unpaired) electrons. The highest BCUT2D eigenvalue weighted by molar-refractivity contribution is 7.80. The van der Waals surface area contributed by atoms with Crippen molar-refractivity contribution in [1.82, 2.24) is 0 Å². The van der Waals surface area contributed by atoms with Gasteiger partial charge in [-0.15, -0.1) is 0 Å². The van der Waals surface area contributed by atoms with Crippen LogP contribution in [0, 0.1) is 0 Å². The lowest BCUT2D eigenvalue weighted by Gasteiger charge is -2.44. The minimum absolute atomic E-state index is 1.31. The Morgan fingerprint density at radius 1 is 1.18 bits per heavy atom. The van der Waals surface area contributed by atoms with Gasteiger partial charge in [-0.25, -0.2) is 4.18 Å². The van der Waals surface area contributed by atoms with Crippen LogP contribution in [0.4, 0.5) is 0 Å². The average Bonchev–Trinajstić information content (AvgIpc) is 2.21. The summed E-state index contributed by atoms with van der Waals surface area (Å²) < 4.78 is 37.7. The molecule has 0 spiro atoms. The zero-order valence-electron chi connectivity index (χ0n) is 8.24. The summed E-state index contributed by atoms with van der Waals surface area (Å²) in [6.45, 7) is -1.31. The number of rotatable bonds is 3. The van der Waals surface area contributed by atoms with Gasteiger partial charge in [0.15, 0.2) is 6.29 Å². The molecule has 0 bridgehead atoms. The summed E-state index contributed by atoms with van der Waals surface area (Å²) in [6.07, 6.45) is -8.32. The highest BCUT2D eigenvalue weighted by atomic mass is 32.3. The first-order valence-corrected chi connectivity index (χ1v) is 5.68. The molecule has 1 aliphatic heterocycles. The van der Waals surface area contributed by atoms with Crippen molar-refractivity contribution < 1.29 is 47.4 Å². The van der Waals surface area contributed by atoms with E-state index in [0.717, 1.165) is 0 Å². The monoisotopic (exact) mass is 276 g/mol. The average molecular weight is 276 g/mol. The summed E-state index contributed by atoms with van der Waals surface area (Å²) in [6, 6.07) is 0. The van der Waals surface area contributed by atoms with Crippen LogP contribution in [0.1, 0.15) is 0 Å². The van der Waals surface area contributed by atoms with E-state index in [-0.39, 0.29) is 0 Å². The summed E-state index contributed by atoms with van der Waals surface area (Å²) in [5.74, 6) is -2.80. The van der Waals surface area contributed by atoms with Crippen LogP contribution in [0.15, 0.2) is 0 Å². The van der Waals surface area contributed by atoms with E-state index in [1.54, 1.807) is 0 Å². The molecule has 11 heteroatoms. The first-order chi connectivity index (χ1) is 7.63. The largest absolute Gasteiger partial charge is 0.400 e. The fraction of sp³-hybridized carbons (Fsp3) is 1.00. The van der Waals surface area contributed by atoms with Crippen molar-refractivity contribution in [3.63, 3.8) is 0 Å². The van der Waals surface area contributed by atoms with E-state index in [9.17, 15) is 18.6 Å². The van der Waals surface area contributed by atoms with Gasteiger partial charge < -0.3 is 30.3 Å². The predicted molar refractivity (Wildman–Crippen MR) is 47.6 cm³/mol. The molecule has 0 aromatic carbocycles. The number of hydrogen-bond donors (Lipinski definition) is 6. The second-order valence-electron chi connectivity index (χ2n) is 3.42. The van der Waals surface area contributed by atoms with Gasteiger partial charge in [0.2, 0.25) is 5.79 Å². The molecule has 0 amide bonds. The van der Waals surface area contributed by atoms with E-state index in [4.69, 9.17) is 19.9 Å². The van der Waals surface area contributed by atoms with Crippen molar-refractivity contribution in [3.8, 4) is 0 Å². The van der Waals surface area contributed by atoms with Crippen LogP contribution in [-0.4, -0.2) is 75.5 Å². The molecule has 102 valence electrons. The van der Waals surface area contributed by atoms with Crippen molar-refractivity contribution in [2.24, 2.45) is 0 Å². The third-order valence-corrected chi connectivity index (χ3v) is 2.70. The molecule has 1 unspecified atom stereocenters. The van der Waals surface area contributed by atoms with E-state index in [1.807, 2.05) is 0 Å². The van der Waals surface area contributed by atoms with E-state index in [0.29, 0.717) is 0 Å². The van der Waals surface area contributed by atoms with Gasteiger partial charge in [-0.3, -0.25) is 4.55 Å². The lowest BCUT2D eigenvalue weighted by Crippen LogP contribution is -2.67. The number of hydrogen-bond acceptors (Lipinski definition) is 9. The highest BCUT2D eigenvalue weighted by Crippen LogP contribution is 2.31. The maximum Gasteiger partial charge on any atom is 0.400 e. The highest BCUT2D eigenvalue weighted by Gasteiger charge is 2.56. The Morgan fingerprint density at radius 3 is 2.12 bits per heavy atom. The van der Waals surface area contributed by atoms with Crippen LogP contribution >= 0.6 is 0 Å². The smallest absolute Gasteiger partial charge is 0.391 e. The van der Waals surface area contributed by atoms with Crippen molar-refractivity contribution >= 4 is 10.4 Å². The summed E-state index contributed by atoms with van der Waals surface area (Å²) >= 11 is 0. The van der Waals surface area contributed by atoms with Crippen LogP contribution in [0.25, 0.3) is 0 Å². The Bertz CT molecular complexity index is 367. The normalized spacial score (nSPS) is 43.6. The van der Waals surface area contributed by atoms with E-state index in [2.05, 4.69) is 8.92 Å². The zero-order chi connectivity index (χ0) is 13.4. The Balaban J connectivity index is 3.06. The lowest BCUT2D eigenvalue weighted by molar-refractivity contribution is -0.380. The first-order valence-electron chi connectivity index (χ1n) is 4.32. The van der Waals surface area contributed by atoms with Crippen molar-refractivity contribution in [2.45, 2.75) is 30.4 Å². The second-order valence-corrected chi connectivity index (χ2v) is 4.44. The number of ether oxygens (including phenoxy) is 1. The molecule has 5 atom stereocenters. The molecule has 1 fully saturated rings. The number of aliphatic hydroxyl groups is 5. The van der Waals surface area contributed by atoms with Gasteiger partial charge in [0, 0.05) is 0 Å². The van der Waals surface area contributed by atoms with Crippen molar-refractivity contribution in [3.05, 3.63) is 0 Å². The van der Waals surface area contributed by atoms with Gasteiger partial charge in [0.25, 0.3) is 0 Å². The van der Waals surface area contributed by atoms with Gasteiger partial charge in [0.1, 0.15) is 24.9 Å². The zero-order valence-corrected chi connectivity index (χ0v) is 9.06. The molecule has 1 saturated heterocycles. The van der Waals surface area contributed by atoms with E-state index < -0.39 is 47.4 Å². The minimum atomic E-state index is -5.14. The summed E-state index contributed by atoms with van der Waals surface area (Å²) in [5.41, 5.74) is 0. The molecule has 6 N–H and O–H groups in total. The Labute approximate surface area is 95.6 Å². The molecule has 17 heavy (non-hydrogen) atoms. The molecule has 10 nitrogen and oxygen atoms in total. The molecule has 1 heterocycles. The maximum absolute atomic E-state index is 10.5. The topological polar surface area (TPSA) is 174 Å². The fourth-order valence-electron chi connectivity index (χ4n) is 1.36. The van der Waals surface area contributed by atoms with Gasteiger partial charge in [-0.05, 0) is 0 Å². The van der Waals surface area contributed by atoms with E-state index >= 15 is 0 Å². The molecule has 0 aliphatic carbocycles. The Kier molecular flexibility index (Phi) is 4.08. The van der Waals surface area contributed by atoms with E-state index in [1.165, 1.54) is 0 Å². The van der Waals surface area contributed by atoms with Gasteiger partial charge in [0.05, 0.1) is 0 Å². The molecule has 0 saturated carbocycles. The maximum atomic E-state index is 10.5. The summed E-state index contributed by atoms with van der Waals surface area (Å²) in [7, 11) is -5.14. The number of aliphatic hydroxyl groups excluding tert-OH is 5. The minimum Gasteiger partial charge on any atom is -0.391 e. The predicted octanol–water partition coefficient (Wildman–Crippen LogP) is -4.07. The second kappa shape index (κ2) is 4.72. The molecule has 0 aromatic heterocycles. The Hall–Kier alpha value is -0.370. The van der Waals surface area contributed by atoms with Gasteiger partial charge in [-0.1, -0.05) is 0 Å². The third-order valence-electron chi connectivity index (χ3n) is 2.20. The van der Waals surface area contributed by atoms with Crippen LogP contribution in [-0.2, 0) is 19.3 Å². The fourth-order valence-corrected chi connectivity index (χ4v) is 1.91. The Morgan fingerprint density at radius 2 is 1.71 bits per heavy atom. The quantitative estimate of drug-likeness (QED) is 0.278. The third kappa shape index (κ3) is 2.90. The lowest BCUT2D eigenvalue weighted by atomic mass is 9.96. The SMILES string of the molecule is O=S(=O)(O)O[C@@]1(CO)OC(O)[C@H](O)[C@H](O)[C@@H]1O. The molecular formula is C6H12O10S. The van der Waals surface area contributed by atoms with Crippen LogP contribution in [0.2, 0.25) is 0 Å². The molecular weight excluding hydrogens is 264 g/mol. The first kappa shape index (κ1) is 14.7.